The summed E-state index contributed by atoms with van der Waals surface area (Å²) in [5, 5.41) is 3.15. The molecule has 4 rings (SSSR count). The second-order valence-electron chi connectivity index (χ2n) is 10.8. The zero-order valence-corrected chi connectivity index (χ0v) is 25.1. The molecule has 1 aliphatic rings. The smallest absolute Gasteiger partial charge is 0.264 e. The van der Waals surface area contributed by atoms with Crippen molar-refractivity contribution < 1.29 is 18.0 Å². The van der Waals surface area contributed by atoms with E-state index in [0.29, 0.717) is 12.1 Å². The Bertz CT molecular complexity index is 1440. The quantitative estimate of drug-likeness (QED) is 0.322. The number of benzene rings is 3. The van der Waals surface area contributed by atoms with Crippen LogP contribution in [0.2, 0.25) is 0 Å². The molecule has 1 N–H and O–H groups in total. The van der Waals surface area contributed by atoms with E-state index in [4.69, 9.17) is 0 Å². The lowest BCUT2D eigenvalue weighted by Gasteiger charge is -2.33. The first-order valence-corrected chi connectivity index (χ1v) is 16.0. The van der Waals surface area contributed by atoms with E-state index in [-0.39, 0.29) is 23.4 Å². The molecule has 3 aromatic carbocycles. The van der Waals surface area contributed by atoms with Crippen LogP contribution in [0.5, 0.6) is 0 Å². The number of carbonyl (C=O) groups is 2. The van der Waals surface area contributed by atoms with E-state index in [2.05, 4.69) is 5.32 Å². The fourth-order valence-electron chi connectivity index (χ4n) is 5.44. The predicted octanol–water partition coefficient (Wildman–Crippen LogP) is 5.62. The fraction of sp³-hybridized carbons (Fsp3) is 0.394. The standard InChI is InChI=1S/C33H41N3O4S/c1-4-28-16-11-12-21-31(28)36(41(39,40)30-19-9-6-10-20-30)24-32(37)35(23-27-15-13-14-25(2)22-27)26(3)33(38)34-29-17-7-5-8-18-29/h6,9-16,19-22,26,29H,4-5,7-8,17-18,23-24H2,1-3H3,(H,34,38)/t26-/m1/s1. The summed E-state index contributed by atoms with van der Waals surface area (Å²) < 4.78 is 29.2. The molecule has 0 aliphatic heterocycles. The highest BCUT2D eigenvalue weighted by Crippen LogP contribution is 2.28. The molecule has 3 aromatic rings. The van der Waals surface area contributed by atoms with Crippen molar-refractivity contribution in [3.05, 3.63) is 95.6 Å². The molecular weight excluding hydrogens is 534 g/mol. The zero-order chi connectivity index (χ0) is 29.4. The molecule has 0 radical (unpaired) electrons. The number of sulfonamides is 1. The van der Waals surface area contributed by atoms with Crippen LogP contribution in [0.3, 0.4) is 0 Å². The fourth-order valence-corrected chi connectivity index (χ4v) is 6.92. The summed E-state index contributed by atoms with van der Waals surface area (Å²) in [7, 11) is -4.08. The molecule has 7 nitrogen and oxygen atoms in total. The Labute approximate surface area is 244 Å². The SMILES string of the molecule is CCc1ccccc1N(CC(=O)N(Cc1cccc(C)c1)[C@H](C)C(=O)NC1CCCCC1)S(=O)(=O)c1ccccc1. The first kappa shape index (κ1) is 30.3. The van der Waals surface area contributed by atoms with Crippen LogP contribution in [0.4, 0.5) is 5.69 Å². The van der Waals surface area contributed by atoms with Gasteiger partial charge in [0.1, 0.15) is 12.6 Å². The number of anilines is 1. The Hall–Kier alpha value is -3.65. The summed E-state index contributed by atoms with van der Waals surface area (Å²) in [4.78, 5) is 29.2. The zero-order valence-electron chi connectivity index (χ0n) is 24.3. The van der Waals surface area contributed by atoms with Crippen molar-refractivity contribution in [2.75, 3.05) is 10.8 Å². The number of nitrogens with one attached hydrogen (secondary N) is 1. The van der Waals surface area contributed by atoms with E-state index in [0.717, 1.165) is 42.4 Å². The lowest BCUT2D eigenvalue weighted by atomic mass is 9.95. The van der Waals surface area contributed by atoms with Gasteiger partial charge in [0.2, 0.25) is 11.8 Å². The number of carbonyl (C=O) groups excluding carboxylic acids is 2. The van der Waals surface area contributed by atoms with E-state index in [1.807, 2.05) is 50.2 Å². The molecule has 0 saturated heterocycles. The van der Waals surface area contributed by atoms with Gasteiger partial charge in [0.15, 0.2) is 0 Å². The highest BCUT2D eigenvalue weighted by Gasteiger charge is 2.33. The van der Waals surface area contributed by atoms with Crippen LogP contribution in [-0.4, -0.2) is 43.8 Å². The van der Waals surface area contributed by atoms with Gasteiger partial charge >= 0.3 is 0 Å². The van der Waals surface area contributed by atoms with Crippen LogP contribution >= 0.6 is 0 Å². The number of rotatable bonds is 11. The minimum absolute atomic E-state index is 0.0982. The number of hydrogen-bond acceptors (Lipinski definition) is 4. The molecule has 1 aliphatic carbocycles. The number of nitrogens with zero attached hydrogens (tertiary/aromatic N) is 2. The maximum absolute atomic E-state index is 14.2. The topological polar surface area (TPSA) is 86.8 Å². The van der Waals surface area contributed by atoms with E-state index in [1.165, 1.54) is 27.8 Å². The van der Waals surface area contributed by atoms with Crippen molar-refractivity contribution in [3.63, 3.8) is 0 Å². The van der Waals surface area contributed by atoms with Crippen molar-refractivity contribution in [3.8, 4) is 0 Å². The summed E-state index contributed by atoms with van der Waals surface area (Å²) in [5.74, 6) is -0.660. The number of para-hydroxylation sites is 1. The van der Waals surface area contributed by atoms with Gasteiger partial charge < -0.3 is 10.2 Å². The average Bonchev–Trinajstić information content (AvgIpc) is 2.99. The minimum atomic E-state index is -4.08. The van der Waals surface area contributed by atoms with Crippen molar-refractivity contribution in [1.82, 2.24) is 10.2 Å². The minimum Gasteiger partial charge on any atom is -0.352 e. The third-order valence-electron chi connectivity index (χ3n) is 7.81. The average molecular weight is 576 g/mol. The molecule has 0 spiro atoms. The van der Waals surface area contributed by atoms with Crippen molar-refractivity contribution in [2.45, 2.75) is 82.8 Å². The van der Waals surface area contributed by atoms with Crippen LogP contribution in [0, 0.1) is 6.92 Å². The number of aryl methyl sites for hydroxylation is 2. The maximum Gasteiger partial charge on any atom is 0.264 e. The van der Waals surface area contributed by atoms with Gasteiger partial charge in [-0.05, 0) is 62.4 Å². The van der Waals surface area contributed by atoms with Crippen LogP contribution in [0.15, 0.2) is 83.8 Å². The van der Waals surface area contributed by atoms with Crippen LogP contribution in [0.1, 0.15) is 62.6 Å². The Morgan fingerprint density at radius 3 is 2.29 bits per heavy atom. The molecular formula is C33H41N3O4S. The van der Waals surface area contributed by atoms with Crippen LogP contribution in [0.25, 0.3) is 0 Å². The van der Waals surface area contributed by atoms with Crippen LogP contribution < -0.4 is 9.62 Å². The molecule has 1 fully saturated rings. The van der Waals surface area contributed by atoms with Gasteiger partial charge in [-0.3, -0.25) is 13.9 Å². The van der Waals surface area contributed by atoms with Gasteiger partial charge in [0.25, 0.3) is 10.0 Å². The lowest BCUT2D eigenvalue weighted by molar-refractivity contribution is -0.139. The highest BCUT2D eigenvalue weighted by molar-refractivity contribution is 7.92. The third kappa shape index (κ3) is 7.55. The summed E-state index contributed by atoms with van der Waals surface area (Å²) in [6.07, 6.45) is 5.79. The van der Waals surface area contributed by atoms with Gasteiger partial charge in [0, 0.05) is 12.6 Å². The molecule has 0 unspecified atom stereocenters. The first-order valence-electron chi connectivity index (χ1n) is 14.5. The van der Waals surface area contributed by atoms with Gasteiger partial charge in [-0.25, -0.2) is 8.42 Å². The van der Waals surface area contributed by atoms with E-state index in [1.54, 1.807) is 37.3 Å². The Morgan fingerprint density at radius 1 is 0.927 bits per heavy atom. The second kappa shape index (κ2) is 13.8. The molecule has 0 aromatic heterocycles. The van der Waals surface area contributed by atoms with Crippen molar-refractivity contribution >= 4 is 27.5 Å². The largest absolute Gasteiger partial charge is 0.352 e. The molecule has 41 heavy (non-hydrogen) atoms. The van der Waals surface area contributed by atoms with Crippen molar-refractivity contribution in [1.29, 1.82) is 0 Å². The second-order valence-corrected chi connectivity index (χ2v) is 12.7. The predicted molar refractivity (Wildman–Crippen MR) is 163 cm³/mol. The molecule has 1 atom stereocenters. The normalized spacial score (nSPS) is 14.7. The van der Waals surface area contributed by atoms with Gasteiger partial charge in [-0.15, -0.1) is 0 Å². The molecule has 2 amide bonds. The lowest BCUT2D eigenvalue weighted by Crippen LogP contribution is -2.53. The van der Waals surface area contributed by atoms with Gasteiger partial charge in [-0.1, -0.05) is 92.4 Å². The van der Waals surface area contributed by atoms with Crippen LogP contribution in [-0.2, 0) is 32.6 Å². The summed E-state index contributed by atoms with van der Waals surface area (Å²) in [5.41, 5.74) is 3.19. The van der Waals surface area contributed by atoms with Gasteiger partial charge in [-0.2, -0.15) is 0 Å². The monoisotopic (exact) mass is 575 g/mol. The molecule has 1 saturated carbocycles. The number of amides is 2. The first-order chi connectivity index (χ1) is 19.7. The Kier molecular flexibility index (Phi) is 10.2. The van der Waals surface area contributed by atoms with E-state index < -0.39 is 28.5 Å². The summed E-state index contributed by atoms with van der Waals surface area (Å²) in [6.45, 7) is 5.41. The molecule has 0 heterocycles. The Morgan fingerprint density at radius 2 is 1.61 bits per heavy atom. The van der Waals surface area contributed by atoms with Gasteiger partial charge in [0.05, 0.1) is 10.6 Å². The molecule has 0 bridgehead atoms. The maximum atomic E-state index is 14.2. The van der Waals surface area contributed by atoms with Crippen molar-refractivity contribution in [2.24, 2.45) is 0 Å². The Balaban J connectivity index is 1.69. The molecule has 8 heteroatoms. The third-order valence-corrected chi connectivity index (χ3v) is 9.58. The summed E-state index contributed by atoms with van der Waals surface area (Å²) in [6, 6.07) is 22.5. The van der Waals surface area contributed by atoms with E-state index >= 15 is 0 Å². The number of hydrogen-bond donors (Lipinski definition) is 1. The molecule has 218 valence electrons. The van der Waals surface area contributed by atoms with E-state index in [9.17, 15) is 18.0 Å². The highest BCUT2D eigenvalue weighted by atomic mass is 32.2. The summed E-state index contributed by atoms with van der Waals surface area (Å²) >= 11 is 0.